The van der Waals surface area contributed by atoms with Crippen LogP contribution in [0.5, 0.6) is 0 Å². The monoisotopic (exact) mass is 505 g/mol. The molecule has 1 amide bonds. The first-order chi connectivity index (χ1) is 17.5. The van der Waals surface area contributed by atoms with E-state index in [9.17, 15) is 4.79 Å². The molecule has 2 aromatic heterocycles. The molecule has 2 saturated heterocycles. The Morgan fingerprint density at radius 1 is 1.28 bits per heavy atom. The van der Waals surface area contributed by atoms with Crippen LogP contribution < -0.4 is 15.5 Å². The van der Waals surface area contributed by atoms with Crippen LogP contribution in [0.1, 0.15) is 41.9 Å². The lowest BCUT2D eigenvalue weighted by molar-refractivity contribution is -0.119. The van der Waals surface area contributed by atoms with E-state index in [0.717, 1.165) is 54.3 Å². The van der Waals surface area contributed by atoms with Crippen LogP contribution in [0.3, 0.4) is 0 Å². The second kappa shape index (κ2) is 10.8. The lowest BCUT2D eigenvalue weighted by Crippen LogP contribution is -2.31. The number of nitrogens with one attached hydrogen (secondary N) is 2. The molecule has 1 aromatic carbocycles. The number of methoxy groups -OCH3 is 1. The Balaban J connectivity index is 1.51. The van der Waals surface area contributed by atoms with Crippen LogP contribution >= 0.6 is 12.2 Å². The molecule has 9 heteroatoms. The number of ether oxygens (including phenoxy) is 2. The van der Waals surface area contributed by atoms with Gasteiger partial charge in [-0.15, -0.1) is 0 Å². The van der Waals surface area contributed by atoms with Gasteiger partial charge in [0.15, 0.2) is 5.11 Å². The zero-order valence-corrected chi connectivity index (χ0v) is 21.3. The summed E-state index contributed by atoms with van der Waals surface area (Å²) in [6.45, 7) is 3.62. The second-order valence-electron chi connectivity index (χ2n) is 9.20. The molecule has 0 radical (unpaired) electrons. The van der Waals surface area contributed by atoms with Gasteiger partial charge in [0, 0.05) is 49.7 Å². The zero-order valence-electron chi connectivity index (χ0n) is 20.5. The Morgan fingerprint density at radius 2 is 2.17 bits per heavy atom. The summed E-state index contributed by atoms with van der Waals surface area (Å²) in [4.78, 5) is 18.9. The van der Waals surface area contributed by atoms with Crippen molar-refractivity contribution in [2.75, 3.05) is 30.5 Å². The Labute approximate surface area is 216 Å². The number of pyridine rings is 1. The van der Waals surface area contributed by atoms with E-state index in [1.807, 2.05) is 43.5 Å². The van der Waals surface area contributed by atoms with Gasteiger partial charge in [-0.3, -0.25) is 9.78 Å². The Hall–Kier alpha value is -3.27. The van der Waals surface area contributed by atoms with Gasteiger partial charge < -0.3 is 29.6 Å². The van der Waals surface area contributed by atoms with E-state index in [2.05, 4.69) is 49.5 Å². The molecule has 0 unspecified atom stereocenters. The van der Waals surface area contributed by atoms with E-state index in [1.54, 1.807) is 0 Å². The van der Waals surface area contributed by atoms with Crippen molar-refractivity contribution in [1.29, 1.82) is 0 Å². The van der Waals surface area contributed by atoms with Crippen molar-refractivity contribution in [2.24, 2.45) is 0 Å². The molecule has 3 aromatic rings. The molecule has 5 rings (SSSR count). The summed E-state index contributed by atoms with van der Waals surface area (Å²) < 4.78 is 13.2. The summed E-state index contributed by atoms with van der Waals surface area (Å²) in [6, 6.07) is 15.9. The van der Waals surface area contributed by atoms with Gasteiger partial charge in [0.25, 0.3) is 0 Å². The topological polar surface area (TPSA) is 80.7 Å². The van der Waals surface area contributed by atoms with Crippen molar-refractivity contribution in [3.05, 3.63) is 77.9 Å². The molecule has 8 nitrogen and oxygen atoms in total. The van der Waals surface area contributed by atoms with Crippen LogP contribution in [0.4, 0.5) is 11.4 Å². The van der Waals surface area contributed by atoms with Crippen LogP contribution in [0.25, 0.3) is 0 Å². The molecular formula is C27H31N5O3S. The fourth-order valence-corrected chi connectivity index (χ4v) is 5.40. The predicted molar refractivity (Wildman–Crippen MR) is 143 cm³/mol. The van der Waals surface area contributed by atoms with Crippen LogP contribution in [-0.2, 0) is 20.8 Å². The number of thiocarbonyl (C=S) groups is 1. The van der Waals surface area contributed by atoms with E-state index in [-0.39, 0.29) is 30.7 Å². The summed E-state index contributed by atoms with van der Waals surface area (Å²) in [5.74, 6) is -0.188. The highest BCUT2D eigenvalue weighted by Gasteiger charge is 2.42. The largest absolute Gasteiger partial charge is 0.376 e. The number of hydrogen-bond donors (Lipinski definition) is 2. The third-order valence-electron chi connectivity index (χ3n) is 6.73. The summed E-state index contributed by atoms with van der Waals surface area (Å²) in [5.41, 5.74) is 4.71. The number of hydrogen-bond acceptors (Lipinski definition) is 5. The minimum atomic E-state index is -0.188. The molecule has 0 saturated carbocycles. The average molecular weight is 506 g/mol. The van der Waals surface area contributed by atoms with Crippen molar-refractivity contribution in [3.63, 3.8) is 0 Å². The van der Waals surface area contributed by atoms with E-state index >= 15 is 0 Å². The van der Waals surface area contributed by atoms with Gasteiger partial charge in [-0.05, 0) is 80.0 Å². The van der Waals surface area contributed by atoms with Crippen LogP contribution in [0.15, 0.2) is 60.9 Å². The van der Waals surface area contributed by atoms with Gasteiger partial charge >= 0.3 is 0 Å². The maximum Gasteiger partial charge on any atom is 0.250 e. The quantitative estimate of drug-likeness (QED) is 0.446. The van der Waals surface area contributed by atoms with Crippen LogP contribution in [-0.4, -0.2) is 47.0 Å². The molecular weight excluding hydrogens is 474 g/mol. The SMILES string of the molecule is COCC(=O)Nc1ccc(N2C(=S)N[C@H](c3ccccn3)[C@@H]2c2cccn2C[C@H]2CCCO2)cc1C. The van der Waals surface area contributed by atoms with E-state index in [0.29, 0.717) is 5.11 Å². The number of aryl methyl sites for hydroxylation is 1. The molecule has 36 heavy (non-hydrogen) atoms. The smallest absolute Gasteiger partial charge is 0.250 e. The Bertz CT molecular complexity index is 1230. The Kier molecular flexibility index (Phi) is 7.31. The number of nitrogens with zero attached hydrogens (tertiary/aromatic N) is 3. The number of rotatable bonds is 8. The maximum atomic E-state index is 12.0. The highest BCUT2D eigenvalue weighted by atomic mass is 32.1. The number of carbonyl (C=O) groups is 1. The number of aromatic nitrogens is 2. The van der Waals surface area contributed by atoms with Crippen LogP contribution in [0, 0.1) is 6.92 Å². The van der Waals surface area contributed by atoms with Crippen molar-refractivity contribution < 1.29 is 14.3 Å². The molecule has 2 N–H and O–H groups in total. The van der Waals surface area contributed by atoms with Crippen molar-refractivity contribution in [3.8, 4) is 0 Å². The number of amides is 1. The van der Waals surface area contributed by atoms with Gasteiger partial charge in [-0.1, -0.05) is 6.07 Å². The maximum absolute atomic E-state index is 12.0. The first-order valence-corrected chi connectivity index (χ1v) is 12.6. The van der Waals surface area contributed by atoms with Crippen molar-refractivity contribution >= 4 is 34.6 Å². The van der Waals surface area contributed by atoms with E-state index in [1.165, 1.54) is 7.11 Å². The van der Waals surface area contributed by atoms with Gasteiger partial charge in [0.2, 0.25) is 5.91 Å². The number of anilines is 2. The fourth-order valence-electron chi connectivity index (χ4n) is 5.06. The number of benzene rings is 1. The summed E-state index contributed by atoms with van der Waals surface area (Å²) in [5, 5.41) is 7.06. The standard InChI is InChI=1S/C27H31N5O3S/c1-18-15-19(10-11-21(18)29-24(33)17-34-2)32-26(25(30-27(32)36)22-8-3-4-12-28-22)23-9-5-13-31(23)16-20-7-6-14-35-20/h3-5,8-13,15,20,25-26H,6-7,14,16-17H2,1-2H3,(H,29,33)(H,30,36)/t20-,25-,26+/m1/s1. The van der Waals surface area contributed by atoms with Crippen LogP contribution in [0.2, 0.25) is 0 Å². The molecule has 3 atom stereocenters. The molecule has 4 heterocycles. The van der Waals surface area contributed by atoms with Gasteiger partial charge in [0.05, 0.1) is 17.8 Å². The van der Waals surface area contributed by atoms with Gasteiger partial charge in [-0.25, -0.2) is 0 Å². The summed E-state index contributed by atoms with van der Waals surface area (Å²) >= 11 is 5.88. The van der Waals surface area contributed by atoms with Crippen molar-refractivity contribution in [1.82, 2.24) is 14.9 Å². The Morgan fingerprint density at radius 3 is 2.89 bits per heavy atom. The molecule has 2 aliphatic rings. The normalized spacial score (nSPS) is 21.6. The second-order valence-corrected chi connectivity index (χ2v) is 9.58. The zero-order chi connectivity index (χ0) is 25.1. The lowest BCUT2D eigenvalue weighted by Gasteiger charge is -2.30. The van der Waals surface area contributed by atoms with E-state index in [4.69, 9.17) is 21.7 Å². The van der Waals surface area contributed by atoms with E-state index < -0.39 is 0 Å². The first-order valence-electron chi connectivity index (χ1n) is 12.2. The fraction of sp³-hybridized carbons (Fsp3) is 0.370. The molecule has 0 bridgehead atoms. The highest BCUT2D eigenvalue weighted by Crippen LogP contribution is 2.42. The average Bonchev–Trinajstić information content (AvgIpc) is 3.62. The predicted octanol–water partition coefficient (Wildman–Crippen LogP) is 4.13. The van der Waals surface area contributed by atoms with Gasteiger partial charge in [0.1, 0.15) is 12.6 Å². The first kappa shape index (κ1) is 24.4. The minimum Gasteiger partial charge on any atom is -0.376 e. The molecule has 0 spiro atoms. The number of carbonyl (C=O) groups excluding carboxylic acids is 1. The summed E-state index contributed by atoms with van der Waals surface area (Å²) in [6.07, 6.45) is 6.32. The van der Waals surface area contributed by atoms with Crippen molar-refractivity contribution in [2.45, 2.75) is 44.5 Å². The summed E-state index contributed by atoms with van der Waals surface area (Å²) in [7, 11) is 1.50. The van der Waals surface area contributed by atoms with Gasteiger partial charge in [-0.2, -0.15) is 0 Å². The molecule has 0 aliphatic carbocycles. The molecule has 2 fully saturated rings. The molecule has 2 aliphatic heterocycles. The minimum absolute atomic E-state index is 0.0108. The third-order valence-corrected chi connectivity index (χ3v) is 7.04. The highest BCUT2D eigenvalue weighted by molar-refractivity contribution is 7.80. The third kappa shape index (κ3) is 5.00. The molecule has 188 valence electrons. The lowest BCUT2D eigenvalue weighted by atomic mass is 10.0.